The summed E-state index contributed by atoms with van der Waals surface area (Å²) in [4.78, 5) is 23.0. The number of carboxylic acid groups (broad SMARTS) is 1. The van der Waals surface area contributed by atoms with Crippen molar-refractivity contribution >= 4 is 27.8 Å². The van der Waals surface area contributed by atoms with Crippen LogP contribution in [0.1, 0.15) is 22.8 Å². The van der Waals surface area contributed by atoms with Crippen molar-refractivity contribution in [3.8, 4) is 11.5 Å². The summed E-state index contributed by atoms with van der Waals surface area (Å²) in [5, 5.41) is 13.8. The summed E-state index contributed by atoms with van der Waals surface area (Å²) in [6.07, 6.45) is 0. The number of aromatic carboxylic acids is 1. The predicted molar refractivity (Wildman–Crippen MR) is 93.4 cm³/mol. The second-order valence-electron chi connectivity index (χ2n) is 5.05. The Bertz CT molecular complexity index is 749. The lowest BCUT2D eigenvalue weighted by atomic mass is 10.2. The molecular weight excluding hydrogens is 390 g/mol. The molecule has 1 amide bonds. The lowest BCUT2D eigenvalue weighted by Gasteiger charge is -2.15. The summed E-state index contributed by atoms with van der Waals surface area (Å²) in [7, 11) is 0. The summed E-state index contributed by atoms with van der Waals surface area (Å²) in [5.41, 5.74) is 0.927. The van der Waals surface area contributed by atoms with Gasteiger partial charge in [-0.05, 0) is 40.5 Å². The number of ether oxygens (including phenoxy) is 2. The topological polar surface area (TPSA) is 87.7 Å². The van der Waals surface area contributed by atoms with Crippen molar-refractivity contribution in [2.45, 2.75) is 13.5 Å². The highest BCUT2D eigenvalue weighted by atomic mass is 79.9. The summed E-state index contributed by atoms with van der Waals surface area (Å²) in [5.74, 6) is -1.12. The van der Waals surface area contributed by atoms with E-state index in [9.17, 15) is 14.7 Å². The summed E-state index contributed by atoms with van der Waals surface area (Å²) in [6.45, 7) is 2.26. The van der Waals surface area contributed by atoms with E-state index in [4.69, 9.17) is 9.47 Å². The number of nitrogens with one attached hydrogen (secondary N) is 1. The van der Waals surface area contributed by atoms with Crippen molar-refractivity contribution < 1.29 is 24.2 Å². The molecule has 1 N–H and O–H groups in total. The van der Waals surface area contributed by atoms with Gasteiger partial charge in [-0.2, -0.15) is 0 Å². The van der Waals surface area contributed by atoms with Gasteiger partial charge in [0.15, 0.2) is 18.1 Å². The van der Waals surface area contributed by atoms with Crippen LogP contribution in [0.15, 0.2) is 46.9 Å². The SMILES string of the molecule is CCOc1cc(C(=O)[O-])c(Br)cc1OCC(=O)NCc1ccccc1. The van der Waals surface area contributed by atoms with Gasteiger partial charge in [-0.1, -0.05) is 30.3 Å². The zero-order valence-corrected chi connectivity index (χ0v) is 15.2. The lowest BCUT2D eigenvalue weighted by molar-refractivity contribution is -0.255. The first kappa shape index (κ1) is 18.8. The molecule has 0 saturated heterocycles. The van der Waals surface area contributed by atoms with E-state index in [1.807, 2.05) is 30.3 Å². The number of amides is 1. The van der Waals surface area contributed by atoms with E-state index in [2.05, 4.69) is 21.2 Å². The third-order valence-electron chi connectivity index (χ3n) is 3.24. The van der Waals surface area contributed by atoms with Crippen molar-refractivity contribution in [2.75, 3.05) is 13.2 Å². The van der Waals surface area contributed by atoms with E-state index in [0.29, 0.717) is 13.2 Å². The number of carbonyl (C=O) groups excluding carboxylic acids is 2. The highest BCUT2D eigenvalue weighted by molar-refractivity contribution is 9.10. The minimum absolute atomic E-state index is 0.0515. The van der Waals surface area contributed by atoms with E-state index < -0.39 is 5.97 Å². The van der Waals surface area contributed by atoms with Crippen molar-refractivity contribution in [3.05, 3.63) is 58.1 Å². The quantitative estimate of drug-likeness (QED) is 0.723. The molecule has 0 atom stereocenters. The fourth-order valence-electron chi connectivity index (χ4n) is 2.06. The van der Waals surface area contributed by atoms with Crippen LogP contribution in [0, 0.1) is 0 Å². The van der Waals surface area contributed by atoms with E-state index in [1.54, 1.807) is 6.92 Å². The average Bonchev–Trinajstić information content (AvgIpc) is 2.60. The molecule has 0 bridgehead atoms. The summed E-state index contributed by atoms with van der Waals surface area (Å²) in [6, 6.07) is 12.2. The molecule has 2 rings (SSSR count). The van der Waals surface area contributed by atoms with Gasteiger partial charge < -0.3 is 24.7 Å². The lowest BCUT2D eigenvalue weighted by Crippen LogP contribution is -2.28. The van der Waals surface area contributed by atoms with Crippen LogP contribution < -0.4 is 19.9 Å². The number of benzene rings is 2. The Morgan fingerprint density at radius 1 is 1.12 bits per heavy atom. The average molecular weight is 407 g/mol. The highest BCUT2D eigenvalue weighted by Crippen LogP contribution is 2.33. The van der Waals surface area contributed by atoms with Gasteiger partial charge in [0.1, 0.15) is 0 Å². The Kier molecular flexibility index (Phi) is 6.82. The molecule has 0 saturated carbocycles. The number of carbonyl (C=O) groups is 2. The fraction of sp³-hybridized carbons (Fsp3) is 0.222. The standard InChI is InChI=1S/C18H18BrNO5/c1-2-24-15-8-13(18(22)23)14(19)9-16(15)25-11-17(21)20-10-12-6-4-3-5-7-12/h3-9H,2,10-11H2,1H3,(H,20,21)(H,22,23)/p-1. The molecule has 0 aromatic heterocycles. The first-order chi connectivity index (χ1) is 12.0. The maximum Gasteiger partial charge on any atom is 0.258 e. The first-order valence-corrected chi connectivity index (χ1v) is 8.41. The number of carboxylic acids is 1. The van der Waals surface area contributed by atoms with Crippen molar-refractivity contribution in [3.63, 3.8) is 0 Å². The monoisotopic (exact) mass is 406 g/mol. The molecule has 0 aliphatic heterocycles. The molecule has 132 valence electrons. The van der Waals surface area contributed by atoms with Gasteiger partial charge in [0.05, 0.1) is 12.6 Å². The number of rotatable bonds is 8. The minimum atomic E-state index is -1.33. The van der Waals surface area contributed by atoms with Gasteiger partial charge in [0, 0.05) is 16.6 Å². The van der Waals surface area contributed by atoms with Crippen LogP contribution in [0.4, 0.5) is 0 Å². The summed E-state index contributed by atoms with van der Waals surface area (Å²) < 4.78 is 11.1. The second-order valence-corrected chi connectivity index (χ2v) is 5.90. The Labute approximate surface area is 153 Å². The molecule has 6 nitrogen and oxygen atoms in total. The molecular formula is C18H17BrNO5-. The molecule has 0 unspecified atom stereocenters. The Hall–Kier alpha value is -2.54. The Balaban J connectivity index is 2.00. The highest BCUT2D eigenvalue weighted by Gasteiger charge is 2.13. The largest absolute Gasteiger partial charge is 0.545 e. The predicted octanol–water partition coefficient (Wildman–Crippen LogP) is 1.91. The van der Waals surface area contributed by atoms with Crippen LogP contribution in [0.3, 0.4) is 0 Å². The van der Waals surface area contributed by atoms with Gasteiger partial charge in [-0.25, -0.2) is 0 Å². The van der Waals surface area contributed by atoms with Crippen molar-refractivity contribution in [1.82, 2.24) is 5.32 Å². The second kappa shape index (κ2) is 9.08. The zero-order valence-electron chi connectivity index (χ0n) is 13.6. The fourth-order valence-corrected chi connectivity index (χ4v) is 2.55. The van der Waals surface area contributed by atoms with Gasteiger partial charge in [0.25, 0.3) is 5.91 Å². The van der Waals surface area contributed by atoms with E-state index in [-0.39, 0.29) is 34.0 Å². The number of hydrogen-bond donors (Lipinski definition) is 1. The van der Waals surface area contributed by atoms with Crippen LogP contribution >= 0.6 is 15.9 Å². The molecule has 25 heavy (non-hydrogen) atoms. The zero-order chi connectivity index (χ0) is 18.2. The molecule has 2 aromatic rings. The Morgan fingerprint density at radius 2 is 1.80 bits per heavy atom. The molecule has 0 aliphatic carbocycles. The molecule has 0 heterocycles. The normalized spacial score (nSPS) is 10.2. The third-order valence-corrected chi connectivity index (χ3v) is 3.90. The molecule has 0 radical (unpaired) electrons. The molecule has 0 aliphatic rings. The van der Waals surface area contributed by atoms with E-state index >= 15 is 0 Å². The van der Waals surface area contributed by atoms with E-state index in [0.717, 1.165) is 5.56 Å². The van der Waals surface area contributed by atoms with Crippen LogP contribution in [-0.2, 0) is 11.3 Å². The molecule has 0 spiro atoms. The minimum Gasteiger partial charge on any atom is -0.545 e. The number of hydrogen-bond acceptors (Lipinski definition) is 5. The van der Waals surface area contributed by atoms with Crippen LogP contribution in [0.25, 0.3) is 0 Å². The maximum atomic E-state index is 11.9. The van der Waals surface area contributed by atoms with Crippen molar-refractivity contribution in [1.29, 1.82) is 0 Å². The van der Waals surface area contributed by atoms with E-state index in [1.165, 1.54) is 12.1 Å². The van der Waals surface area contributed by atoms with Gasteiger partial charge >= 0.3 is 0 Å². The first-order valence-electron chi connectivity index (χ1n) is 7.62. The third kappa shape index (κ3) is 5.49. The van der Waals surface area contributed by atoms with Gasteiger partial charge in [0.2, 0.25) is 0 Å². The molecule has 7 heteroatoms. The molecule has 0 fully saturated rings. The molecule has 2 aromatic carbocycles. The smallest absolute Gasteiger partial charge is 0.258 e. The Morgan fingerprint density at radius 3 is 2.44 bits per heavy atom. The van der Waals surface area contributed by atoms with Crippen LogP contribution in [0.5, 0.6) is 11.5 Å². The van der Waals surface area contributed by atoms with Gasteiger partial charge in [-0.3, -0.25) is 4.79 Å². The maximum absolute atomic E-state index is 11.9. The van der Waals surface area contributed by atoms with Gasteiger partial charge in [-0.15, -0.1) is 0 Å². The van der Waals surface area contributed by atoms with Crippen LogP contribution in [0.2, 0.25) is 0 Å². The summed E-state index contributed by atoms with van der Waals surface area (Å²) >= 11 is 3.14. The van der Waals surface area contributed by atoms with Crippen LogP contribution in [-0.4, -0.2) is 25.1 Å². The van der Waals surface area contributed by atoms with Crippen molar-refractivity contribution in [2.24, 2.45) is 0 Å². The number of halogens is 1.